The number of carbonyl (C=O) groups is 1. The Hall–Kier alpha value is -0.870. The number of benzene rings is 1. The van der Waals surface area contributed by atoms with Crippen molar-refractivity contribution < 1.29 is 14.6 Å². The van der Waals surface area contributed by atoms with Crippen LogP contribution in [0.15, 0.2) is 28.7 Å². The first-order chi connectivity index (χ1) is 7.13. The molecule has 0 bridgehead atoms. The van der Waals surface area contributed by atoms with Crippen LogP contribution in [0, 0.1) is 0 Å². The van der Waals surface area contributed by atoms with E-state index in [1.54, 1.807) is 19.1 Å². The van der Waals surface area contributed by atoms with E-state index in [2.05, 4.69) is 15.9 Å². The quantitative estimate of drug-likeness (QED) is 0.857. The van der Waals surface area contributed by atoms with Gasteiger partial charge in [0.1, 0.15) is 0 Å². The molecule has 0 saturated carbocycles. The largest absolute Gasteiger partial charge is 0.466 e. The van der Waals surface area contributed by atoms with Gasteiger partial charge in [-0.1, -0.05) is 28.1 Å². The van der Waals surface area contributed by atoms with Gasteiger partial charge in [-0.2, -0.15) is 0 Å². The number of hydrogen-bond donors (Lipinski definition) is 1. The highest BCUT2D eigenvalue weighted by Gasteiger charge is 2.13. The third kappa shape index (κ3) is 4.01. The van der Waals surface area contributed by atoms with Gasteiger partial charge in [-0.15, -0.1) is 0 Å². The Morgan fingerprint density at radius 2 is 2.33 bits per heavy atom. The molecule has 4 heteroatoms. The van der Waals surface area contributed by atoms with Gasteiger partial charge in [0.2, 0.25) is 0 Å². The van der Waals surface area contributed by atoms with Crippen LogP contribution in [-0.2, 0) is 9.53 Å². The van der Waals surface area contributed by atoms with Crippen molar-refractivity contribution in [3.63, 3.8) is 0 Å². The highest BCUT2D eigenvalue weighted by Crippen LogP contribution is 2.20. The molecular formula is C11H13BrO3. The van der Waals surface area contributed by atoms with Gasteiger partial charge in [-0.05, 0) is 24.6 Å². The molecule has 0 spiro atoms. The normalized spacial score (nSPS) is 12.2. The maximum atomic E-state index is 11.1. The summed E-state index contributed by atoms with van der Waals surface area (Å²) in [5.74, 6) is -0.384. The van der Waals surface area contributed by atoms with Crippen molar-refractivity contribution >= 4 is 21.9 Å². The average Bonchev–Trinajstić information content (AvgIpc) is 2.18. The fourth-order valence-electron chi connectivity index (χ4n) is 1.21. The van der Waals surface area contributed by atoms with Crippen molar-refractivity contribution in [2.45, 2.75) is 19.4 Å². The summed E-state index contributed by atoms with van der Waals surface area (Å²) in [7, 11) is 0. The standard InChI is InChI=1S/C11H13BrO3/c1-2-15-11(14)7-10(13)8-4-3-5-9(12)6-8/h3-6,10,13H,2,7H2,1H3/t10-/m0/s1. The minimum absolute atomic E-state index is 0.00963. The van der Waals surface area contributed by atoms with E-state index in [4.69, 9.17) is 4.74 Å². The maximum Gasteiger partial charge on any atom is 0.308 e. The van der Waals surface area contributed by atoms with Crippen molar-refractivity contribution in [1.82, 2.24) is 0 Å². The van der Waals surface area contributed by atoms with Crippen molar-refractivity contribution in [2.24, 2.45) is 0 Å². The van der Waals surface area contributed by atoms with Crippen LogP contribution in [0.2, 0.25) is 0 Å². The van der Waals surface area contributed by atoms with Crippen LogP contribution in [0.3, 0.4) is 0 Å². The summed E-state index contributed by atoms with van der Waals surface area (Å²) < 4.78 is 5.63. The summed E-state index contributed by atoms with van der Waals surface area (Å²) in [6.45, 7) is 2.08. The molecule has 0 aromatic heterocycles. The minimum Gasteiger partial charge on any atom is -0.466 e. The number of esters is 1. The first-order valence-electron chi connectivity index (χ1n) is 4.72. The Labute approximate surface area is 97.2 Å². The zero-order valence-electron chi connectivity index (χ0n) is 8.44. The first kappa shape index (κ1) is 12.2. The Morgan fingerprint density at radius 1 is 1.60 bits per heavy atom. The highest BCUT2D eigenvalue weighted by atomic mass is 79.9. The molecule has 0 aliphatic heterocycles. The lowest BCUT2D eigenvalue weighted by Crippen LogP contribution is -2.09. The summed E-state index contributed by atoms with van der Waals surface area (Å²) in [5.41, 5.74) is 0.706. The molecule has 1 aromatic rings. The summed E-state index contributed by atoms with van der Waals surface area (Å²) in [5, 5.41) is 9.72. The van der Waals surface area contributed by atoms with Gasteiger partial charge in [0.15, 0.2) is 0 Å². The molecule has 82 valence electrons. The molecule has 3 nitrogen and oxygen atoms in total. The summed E-state index contributed by atoms with van der Waals surface area (Å²) in [6.07, 6.45) is -0.814. The molecule has 1 atom stereocenters. The van der Waals surface area contributed by atoms with Crippen molar-refractivity contribution in [3.05, 3.63) is 34.3 Å². The van der Waals surface area contributed by atoms with Gasteiger partial charge in [-0.3, -0.25) is 4.79 Å². The SMILES string of the molecule is CCOC(=O)C[C@H](O)c1cccc(Br)c1. The molecule has 1 aromatic carbocycles. The number of aliphatic hydroxyl groups excluding tert-OH is 1. The van der Waals surface area contributed by atoms with Gasteiger partial charge in [0.05, 0.1) is 19.1 Å². The molecule has 1 rings (SSSR count). The molecule has 0 amide bonds. The fraction of sp³-hybridized carbons (Fsp3) is 0.364. The van der Waals surface area contributed by atoms with Crippen LogP contribution < -0.4 is 0 Å². The predicted octanol–water partition coefficient (Wildman–Crippen LogP) is 2.44. The Morgan fingerprint density at radius 3 is 2.93 bits per heavy atom. The topological polar surface area (TPSA) is 46.5 Å². The number of halogens is 1. The number of rotatable bonds is 4. The first-order valence-corrected chi connectivity index (χ1v) is 5.52. The molecule has 0 fully saturated rings. The lowest BCUT2D eigenvalue weighted by molar-refractivity contribution is -0.145. The number of aliphatic hydroxyl groups is 1. The average molecular weight is 273 g/mol. The van der Waals surface area contributed by atoms with E-state index in [0.29, 0.717) is 12.2 Å². The van der Waals surface area contributed by atoms with E-state index in [9.17, 15) is 9.90 Å². The third-order valence-electron chi connectivity index (χ3n) is 1.90. The van der Waals surface area contributed by atoms with Crippen molar-refractivity contribution in [3.8, 4) is 0 Å². The molecule has 0 unspecified atom stereocenters. The van der Waals surface area contributed by atoms with E-state index < -0.39 is 6.10 Å². The monoisotopic (exact) mass is 272 g/mol. The second-order valence-corrected chi connectivity index (χ2v) is 4.00. The molecule has 15 heavy (non-hydrogen) atoms. The van der Waals surface area contributed by atoms with E-state index in [0.717, 1.165) is 4.47 Å². The molecule has 0 aliphatic carbocycles. The molecular weight excluding hydrogens is 260 g/mol. The van der Waals surface area contributed by atoms with E-state index in [1.165, 1.54) is 0 Å². The minimum atomic E-state index is -0.804. The number of carbonyl (C=O) groups excluding carboxylic acids is 1. The number of hydrogen-bond acceptors (Lipinski definition) is 3. The van der Waals surface area contributed by atoms with Crippen LogP contribution in [-0.4, -0.2) is 17.7 Å². The molecule has 0 aliphatic rings. The van der Waals surface area contributed by atoms with Crippen molar-refractivity contribution in [2.75, 3.05) is 6.61 Å². The Bertz CT molecular complexity index is 338. The van der Waals surface area contributed by atoms with Gasteiger partial charge < -0.3 is 9.84 Å². The second kappa shape index (κ2) is 5.88. The Balaban J connectivity index is 2.60. The summed E-state index contributed by atoms with van der Waals surface area (Å²) in [6, 6.07) is 7.23. The molecule has 0 saturated heterocycles. The fourth-order valence-corrected chi connectivity index (χ4v) is 1.63. The van der Waals surface area contributed by atoms with Crippen LogP contribution in [0.25, 0.3) is 0 Å². The second-order valence-electron chi connectivity index (χ2n) is 3.08. The molecule has 1 N–H and O–H groups in total. The predicted molar refractivity (Wildman–Crippen MR) is 60.4 cm³/mol. The lowest BCUT2D eigenvalue weighted by Gasteiger charge is -2.10. The Kier molecular flexibility index (Phi) is 4.78. The smallest absolute Gasteiger partial charge is 0.308 e. The summed E-state index contributed by atoms with van der Waals surface area (Å²) >= 11 is 3.30. The van der Waals surface area contributed by atoms with E-state index in [1.807, 2.05) is 12.1 Å². The van der Waals surface area contributed by atoms with Gasteiger partial charge in [0.25, 0.3) is 0 Å². The zero-order valence-corrected chi connectivity index (χ0v) is 10.0. The van der Waals surface area contributed by atoms with Crippen molar-refractivity contribution in [1.29, 1.82) is 0 Å². The van der Waals surface area contributed by atoms with Crippen LogP contribution in [0.1, 0.15) is 25.0 Å². The van der Waals surface area contributed by atoms with Crippen LogP contribution in [0.5, 0.6) is 0 Å². The molecule has 0 heterocycles. The maximum absolute atomic E-state index is 11.1. The number of ether oxygens (including phenoxy) is 1. The van der Waals surface area contributed by atoms with Gasteiger partial charge in [0, 0.05) is 4.47 Å². The van der Waals surface area contributed by atoms with Crippen LogP contribution in [0.4, 0.5) is 0 Å². The van der Waals surface area contributed by atoms with E-state index in [-0.39, 0.29) is 12.4 Å². The lowest BCUT2D eigenvalue weighted by atomic mass is 10.1. The molecule has 0 radical (unpaired) electrons. The summed E-state index contributed by atoms with van der Waals surface area (Å²) in [4.78, 5) is 11.1. The zero-order chi connectivity index (χ0) is 11.3. The van der Waals surface area contributed by atoms with Gasteiger partial charge >= 0.3 is 5.97 Å². The van der Waals surface area contributed by atoms with Gasteiger partial charge in [-0.25, -0.2) is 0 Å². The van der Waals surface area contributed by atoms with E-state index >= 15 is 0 Å². The highest BCUT2D eigenvalue weighted by molar-refractivity contribution is 9.10. The third-order valence-corrected chi connectivity index (χ3v) is 2.39. The van der Waals surface area contributed by atoms with Crippen LogP contribution >= 0.6 is 15.9 Å².